The van der Waals surface area contributed by atoms with Gasteiger partial charge in [-0.25, -0.2) is 4.79 Å². The summed E-state index contributed by atoms with van der Waals surface area (Å²) in [5.74, 6) is 0. The lowest BCUT2D eigenvalue weighted by atomic mass is 10.1. The Kier molecular flexibility index (Phi) is 3.60. The molecule has 2 aromatic rings. The Morgan fingerprint density at radius 3 is 3.15 bits per heavy atom. The molecule has 2 unspecified atom stereocenters. The molecule has 3 N–H and O–H groups in total. The van der Waals surface area contributed by atoms with Gasteiger partial charge < -0.3 is 20.4 Å². The minimum absolute atomic E-state index is 0.0166. The summed E-state index contributed by atoms with van der Waals surface area (Å²) in [6.07, 6.45) is 4.07. The van der Waals surface area contributed by atoms with Gasteiger partial charge in [0.25, 0.3) is 0 Å². The molecular weight excluding hydrogens is 254 g/mol. The molecule has 0 spiro atoms. The molecule has 1 aliphatic heterocycles. The molecule has 0 bridgehead atoms. The first kappa shape index (κ1) is 13.0. The van der Waals surface area contributed by atoms with Gasteiger partial charge in [-0.2, -0.15) is 0 Å². The van der Waals surface area contributed by atoms with Crippen LogP contribution in [0.3, 0.4) is 0 Å². The number of carbonyl (C=O) groups excluding carboxylic acids is 1. The first-order valence-corrected chi connectivity index (χ1v) is 6.99. The van der Waals surface area contributed by atoms with E-state index in [1.807, 2.05) is 37.4 Å². The van der Waals surface area contributed by atoms with Crippen LogP contribution >= 0.6 is 0 Å². The van der Waals surface area contributed by atoms with Crippen molar-refractivity contribution in [3.05, 3.63) is 30.5 Å². The Hall–Kier alpha value is -2.01. The largest absolute Gasteiger partial charge is 0.376 e. The summed E-state index contributed by atoms with van der Waals surface area (Å²) in [7, 11) is 0. The number of ether oxygens (including phenoxy) is 1. The fourth-order valence-corrected chi connectivity index (χ4v) is 2.65. The van der Waals surface area contributed by atoms with E-state index >= 15 is 0 Å². The Balaban J connectivity index is 1.65. The topological polar surface area (TPSA) is 66.2 Å². The normalized spacial score (nSPS) is 19.9. The number of aromatic amines is 1. The molecule has 5 heteroatoms. The van der Waals surface area contributed by atoms with Crippen LogP contribution in [-0.4, -0.2) is 29.8 Å². The van der Waals surface area contributed by atoms with Crippen molar-refractivity contribution in [1.82, 2.24) is 10.3 Å². The predicted octanol–water partition coefficient (Wildman–Crippen LogP) is 2.86. The van der Waals surface area contributed by atoms with Crippen molar-refractivity contribution in [2.45, 2.75) is 31.9 Å². The third kappa shape index (κ3) is 2.63. The fraction of sp³-hybridized carbons (Fsp3) is 0.400. The maximum Gasteiger partial charge on any atom is 0.319 e. The van der Waals surface area contributed by atoms with Gasteiger partial charge in [0.2, 0.25) is 0 Å². The molecule has 2 amide bonds. The maximum absolute atomic E-state index is 12.1. The van der Waals surface area contributed by atoms with Gasteiger partial charge in [0.1, 0.15) is 0 Å². The van der Waals surface area contributed by atoms with E-state index in [-0.39, 0.29) is 18.2 Å². The van der Waals surface area contributed by atoms with Crippen molar-refractivity contribution in [3.63, 3.8) is 0 Å². The molecule has 1 fully saturated rings. The van der Waals surface area contributed by atoms with Gasteiger partial charge in [-0.3, -0.25) is 0 Å². The second kappa shape index (κ2) is 5.54. The second-order valence-corrected chi connectivity index (χ2v) is 5.18. The van der Waals surface area contributed by atoms with Crippen LogP contribution in [0.25, 0.3) is 10.9 Å². The molecule has 20 heavy (non-hydrogen) atoms. The van der Waals surface area contributed by atoms with Crippen molar-refractivity contribution < 1.29 is 9.53 Å². The van der Waals surface area contributed by atoms with E-state index in [9.17, 15) is 4.79 Å². The zero-order valence-electron chi connectivity index (χ0n) is 11.5. The average molecular weight is 273 g/mol. The number of hydrogen-bond acceptors (Lipinski definition) is 2. The SMILES string of the molecule is CC(NC(=O)Nc1cccc2[nH]ccc12)C1CCCO1. The molecule has 2 heterocycles. The van der Waals surface area contributed by atoms with Crippen LogP contribution in [0.15, 0.2) is 30.5 Å². The van der Waals surface area contributed by atoms with Crippen LogP contribution in [0.4, 0.5) is 10.5 Å². The van der Waals surface area contributed by atoms with E-state index in [4.69, 9.17) is 4.74 Å². The predicted molar refractivity (Wildman–Crippen MR) is 78.9 cm³/mol. The lowest BCUT2D eigenvalue weighted by molar-refractivity contribution is 0.0868. The molecule has 3 rings (SSSR count). The smallest absolute Gasteiger partial charge is 0.319 e. The summed E-state index contributed by atoms with van der Waals surface area (Å²) in [5.41, 5.74) is 1.82. The molecule has 0 aliphatic carbocycles. The highest BCUT2D eigenvalue weighted by Gasteiger charge is 2.23. The quantitative estimate of drug-likeness (QED) is 0.805. The number of urea groups is 1. The number of nitrogens with one attached hydrogen (secondary N) is 3. The van der Waals surface area contributed by atoms with E-state index in [1.54, 1.807) is 0 Å². The van der Waals surface area contributed by atoms with Gasteiger partial charge in [0.15, 0.2) is 0 Å². The first-order chi connectivity index (χ1) is 9.74. The average Bonchev–Trinajstić information content (AvgIpc) is 3.10. The van der Waals surface area contributed by atoms with Gasteiger partial charge >= 0.3 is 6.03 Å². The van der Waals surface area contributed by atoms with Crippen molar-refractivity contribution >= 4 is 22.6 Å². The number of aromatic nitrogens is 1. The monoisotopic (exact) mass is 273 g/mol. The van der Waals surface area contributed by atoms with Crippen LogP contribution in [0, 0.1) is 0 Å². The number of hydrogen-bond donors (Lipinski definition) is 3. The highest BCUT2D eigenvalue weighted by atomic mass is 16.5. The van der Waals surface area contributed by atoms with Gasteiger partial charge in [-0.1, -0.05) is 6.07 Å². The number of fused-ring (bicyclic) bond motifs is 1. The highest BCUT2D eigenvalue weighted by molar-refractivity contribution is 6.00. The molecule has 1 aliphatic rings. The zero-order chi connectivity index (χ0) is 13.9. The van der Waals surface area contributed by atoms with Crippen LogP contribution in [0.2, 0.25) is 0 Å². The first-order valence-electron chi connectivity index (χ1n) is 6.99. The number of H-pyrrole nitrogens is 1. The lowest BCUT2D eigenvalue weighted by Crippen LogP contribution is -2.43. The molecule has 1 aromatic carbocycles. The summed E-state index contributed by atoms with van der Waals surface area (Å²) in [6, 6.07) is 7.57. The van der Waals surface area contributed by atoms with E-state index in [0.717, 1.165) is 36.0 Å². The number of rotatable bonds is 3. The third-order valence-corrected chi connectivity index (χ3v) is 3.72. The Morgan fingerprint density at radius 1 is 1.45 bits per heavy atom. The second-order valence-electron chi connectivity index (χ2n) is 5.18. The van der Waals surface area contributed by atoms with E-state index in [2.05, 4.69) is 15.6 Å². The molecule has 5 nitrogen and oxygen atoms in total. The number of carbonyl (C=O) groups is 1. The third-order valence-electron chi connectivity index (χ3n) is 3.72. The number of anilines is 1. The molecule has 0 saturated carbocycles. The van der Waals surface area contributed by atoms with E-state index in [1.165, 1.54) is 0 Å². The van der Waals surface area contributed by atoms with Crippen LogP contribution < -0.4 is 10.6 Å². The zero-order valence-corrected chi connectivity index (χ0v) is 11.5. The Morgan fingerprint density at radius 2 is 2.35 bits per heavy atom. The summed E-state index contributed by atoms with van der Waals surface area (Å²) in [4.78, 5) is 15.2. The van der Waals surface area contributed by atoms with Crippen LogP contribution in [-0.2, 0) is 4.74 Å². The summed E-state index contributed by atoms with van der Waals surface area (Å²) >= 11 is 0. The van der Waals surface area contributed by atoms with Gasteiger partial charge in [-0.15, -0.1) is 0 Å². The highest BCUT2D eigenvalue weighted by Crippen LogP contribution is 2.22. The maximum atomic E-state index is 12.1. The molecule has 0 radical (unpaired) electrons. The van der Waals surface area contributed by atoms with E-state index < -0.39 is 0 Å². The van der Waals surface area contributed by atoms with Gasteiger partial charge in [-0.05, 0) is 38.0 Å². The minimum atomic E-state index is -0.193. The lowest BCUT2D eigenvalue weighted by Gasteiger charge is -2.20. The van der Waals surface area contributed by atoms with Crippen LogP contribution in [0.1, 0.15) is 19.8 Å². The molecular formula is C15H19N3O2. The Bertz CT molecular complexity index is 602. The molecule has 2 atom stereocenters. The number of amides is 2. The molecule has 1 saturated heterocycles. The summed E-state index contributed by atoms with van der Waals surface area (Å²) < 4.78 is 5.58. The van der Waals surface area contributed by atoms with Gasteiger partial charge in [0.05, 0.1) is 17.8 Å². The van der Waals surface area contributed by atoms with Crippen LogP contribution in [0.5, 0.6) is 0 Å². The van der Waals surface area contributed by atoms with Crippen molar-refractivity contribution in [2.24, 2.45) is 0 Å². The molecule has 106 valence electrons. The summed E-state index contributed by atoms with van der Waals surface area (Å²) in [6.45, 7) is 2.77. The minimum Gasteiger partial charge on any atom is -0.376 e. The Labute approximate surface area is 117 Å². The van der Waals surface area contributed by atoms with Crippen molar-refractivity contribution in [3.8, 4) is 0 Å². The number of benzene rings is 1. The standard InChI is InChI=1S/C15H19N3O2/c1-10(14-6-3-9-20-14)17-15(19)18-13-5-2-4-12-11(13)7-8-16-12/h2,4-5,7-8,10,14,16H,3,6,9H2,1H3,(H2,17,18,19). The fourth-order valence-electron chi connectivity index (χ4n) is 2.65. The van der Waals surface area contributed by atoms with Crippen molar-refractivity contribution in [1.29, 1.82) is 0 Å². The van der Waals surface area contributed by atoms with Gasteiger partial charge in [0, 0.05) is 23.7 Å². The van der Waals surface area contributed by atoms with Crippen molar-refractivity contribution in [2.75, 3.05) is 11.9 Å². The summed E-state index contributed by atoms with van der Waals surface area (Å²) in [5, 5.41) is 6.85. The molecule has 1 aromatic heterocycles. The van der Waals surface area contributed by atoms with E-state index in [0.29, 0.717) is 0 Å².